The molecule has 10 heteroatoms. The van der Waals surface area contributed by atoms with Crippen LogP contribution in [0.25, 0.3) is 0 Å². The normalized spacial score (nSPS) is 10.9. The van der Waals surface area contributed by atoms with Gasteiger partial charge in [0.05, 0.1) is 19.2 Å². The predicted octanol–water partition coefficient (Wildman–Crippen LogP) is 5.99. The summed E-state index contributed by atoms with van der Waals surface area (Å²) < 4.78 is 8.92. The molecule has 3 aromatic rings. The van der Waals surface area contributed by atoms with Gasteiger partial charge in [0.1, 0.15) is 24.4 Å². The fraction of sp³-hybridized carbons (Fsp3) is 0.0526. The molecule has 1 aromatic heterocycles. The molecule has 0 atom stereocenters. The predicted molar refractivity (Wildman–Crippen MR) is 132 cm³/mol. The van der Waals surface area contributed by atoms with Crippen molar-refractivity contribution in [3.05, 3.63) is 87.6 Å². The van der Waals surface area contributed by atoms with Crippen LogP contribution >= 0.6 is 61.1 Å². The maximum absolute atomic E-state index is 10.6. The average Bonchev–Trinajstić information content (AvgIpc) is 2.69. The highest BCUT2D eigenvalue weighted by atomic mass is 127. The Bertz CT molecular complexity index is 1020. The van der Waals surface area contributed by atoms with Gasteiger partial charge in [-0.2, -0.15) is 5.10 Å². The van der Waals surface area contributed by atoms with E-state index in [1.165, 1.54) is 21.9 Å². The van der Waals surface area contributed by atoms with Gasteiger partial charge in [0, 0.05) is 9.64 Å². The molecule has 1 heterocycles. The van der Waals surface area contributed by atoms with Gasteiger partial charge in [0.15, 0.2) is 0 Å². The van der Waals surface area contributed by atoms with Crippen molar-refractivity contribution in [1.82, 2.24) is 4.98 Å². The molecule has 0 aliphatic carbocycles. The van der Waals surface area contributed by atoms with Crippen LogP contribution in [0.4, 0.5) is 11.5 Å². The summed E-state index contributed by atoms with van der Waals surface area (Å²) in [4.78, 5) is 14.1. The number of nitrogens with one attached hydrogen (secondary N) is 1. The van der Waals surface area contributed by atoms with Crippen LogP contribution in [0.5, 0.6) is 5.75 Å². The highest BCUT2D eigenvalue weighted by Gasteiger charge is 2.09. The Labute approximate surface area is 202 Å². The summed E-state index contributed by atoms with van der Waals surface area (Å²) in [7, 11) is 0. The molecule has 3 rings (SSSR count). The summed E-state index contributed by atoms with van der Waals surface area (Å²) in [6.07, 6.45) is 2.82. The molecule has 29 heavy (non-hydrogen) atoms. The maximum atomic E-state index is 10.6. The number of ether oxygens (including phenoxy) is 1. The van der Waals surface area contributed by atoms with E-state index in [9.17, 15) is 10.1 Å². The molecule has 0 bridgehead atoms. The number of hydrogen-bond donors (Lipinski definition) is 1. The smallest absolute Gasteiger partial charge is 0.287 e. The topological polar surface area (TPSA) is 89.7 Å². The number of nitrogens with zero attached hydrogens (tertiary/aromatic N) is 3. The van der Waals surface area contributed by atoms with Crippen molar-refractivity contribution < 1.29 is 9.66 Å². The first-order valence-electron chi connectivity index (χ1n) is 8.18. The molecule has 0 radical (unpaired) electrons. The lowest BCUT2D eigenvalue weighted by Gasteiger charge is -2.11. The second-order valence-corrected chi connectivity index (χ2v) is 9.02. The van der Waals surface area contributed by atoms with Gasteiger partial charge in [-0.1, -0.05) is 12.1 Å². The van der Waals surface area contributed by atoms with Gasteiger partial charge in [-0.15, -0.1) is 0 Å². The first kappa shape index (κ1) is 21.9. The van der Waals surface area contributed by atoms with Gasteiger partial charge in [-0.05, 0) is 103 Å². The Hall–Kier alpha value is -1.80. The fourth-order valence-electron chi connectivity index (χ4n) is 2.26. The molecule has 148 valence electrons. The third kappa shape index (κ3) is 6.34. The summed E-state index contributed by atoms with van der Waals surface area (Å²) in [6, 6.07) is 14.9. The van der Waals surface area contributed by atoms with Crippen LogP contribution in [-0.2, 0) is 6.61 Å². The van der Waals surface area contributed by atoms with Crippen molar-refractivity contribution in [1.29, 1.82) is 0 Å². The van der Waals surface area contributed by atoms with E-state index in [1.54, 1.807) is 6.21 Å². The molecule has 0 saturated carbocycles. The Morgan fingerprint density at radius 1 is 1.21 bits per heavy atom. The van der Waals surface area contributed by atoms with E-state index in [2.05, 4.69) is 76.6 Å². The summed E-state index contributed by atoms with van der Waals surface area (Å²) in [6.45, 7) is 0.478. The van der Waals surface area contributed by atoms with E-state index in [0.717, 1.165) is 24.9 Å². The van der Waals surface area contributed by atoms with Crippen molar-refractivity contribution in [2.75, 3.05) is 5.43 Å². The third-order valence-electron chi connectivity index (χ3n) is 3.67. The minimum absolute atomic E-state index is 0.0705. The second kappa shape index (κ2) is 10.3. The largest absolute Gasteiger partial charge is 0.487 e. The van der Waals surface area contributed by atoms with Crippen LogP contribution in [0.1, 0.15) is 11.1 Å². The lowest BCUT2D eigenvalue weighted by molar-refractivity contribution is -0.385. The minimum Gasteiger partial charge on any atom is -0.487 e. The van der Waals surface area contributed by atoms with Crippen LogP contribution < -0.4 is 10.2 Å². The van der Waals surface area contributed by atoms with E-state index >= 15 is 0 Å². The Morgan fingerprint density at radius 2 is 1.97 bits per heavy atom. The van der Waals surface area contributed by atoms with Crippen molar-refractivity contribution >= 4 is 78.8 Å². The lowest BCUT2D eigenvalue weighted by Crippen LogP contribution is -1.99. The molecule has 0 spiro atoms. The Balaban J connectivity index is 1.64. The van der Waals surface area contributed by atoms with E-state index in [0.29, 0.717) is 12.4 Å². The Morgan fingerprint density at radius 3 is 2.59 bits per heavy atom. The number of hydrazone groups is 1. The molecular formula is C19H13BrI2N4O3. The summed E-state index contributed by atoms with van der Waals surface area (Å²) in [5.74, 6) is 1.18. The summed E-state index contributed by atoms with van der Waals surface area (Å²) >= 11 is 8.04. The summed E-state index contributed by atoms with van der Waals surface area (Å²) in [5.41, 5.74) is 4.63. The average molecular weight is 679 g/mol. The van der Waals surface area contributed by atoms with Crippen LogP contribution in [-0.4, -0.2) is 16.1 Å². The van der Waals surface area contributed by atoms with Crippen LogP contribution in [0.2, 0.25) is 0 Å². The molecule has 1 N–H and O–H groups in total. The fourth-order valence-corrected chi connectivity index (χ4v) is 4.39. The third-order valence-corrected chi connectivity index (χ3v) is 5.78. The molecule has 0 fully saturated rings. The number of rotatable bonds is 7. The monoisotopic (exact) mass is 678 g/mol. The molecule has 0 amide bonds. The standard InChI is InChI=1S/C19H13BrI2N4O3/c20-16-7-13(9-24-25-18-6-5-15(10-23-18)26(27)28)8-17(22)19(16)29-11-12-1-3-14(21)4-2-12/h1-10H,11H2,(H,23,25)/b24-9+. The van der Waals surface area contributed by atoms with E-state index in [4.69, 9.17) is 4.74 Å². The summed E-state index contributed by atoms with van der Waals surface area (Å²) in [5, 5.41) is 14.8. The first-order chi connectivity index (χ1) is 13.9. The zero-order valence-electron chi connectivity index (χ0n) is 14.7. The highest BCUT2D eigenvalue weighted by Crippen LogP contribution is 2.32. The van der Waals surface area contributed by atoms with Crippen LogP contribution in [0.15, 0.2) is 64.3 Å². The van der Waals surface area contributed by atoms with Crippen molar-refractivity contribution in [3.63, 3.8) is 0 Å². The van der Waals surface area contributed by atoms with Crippen molar-refractivity contribution in [2.24, 2.45) is 5.10 Å². The lowest BCUT2D eigenvalue weighted by atomic mass is 10.2. The number of benzene rings is 2. The SMILES string of the molecule is O=[N+]([O-])c1ccc(N/N=C/c2cc(Br)c(OCc3ccc(I)cc3)c(I)c2)nc1. The first-order valence-corrected chi connectivity index (χ1v) is 11.1. The number of pyridine rings is 1. The van der Waals surface area contributed by atoms with Crippen molar-refractivity contribution in [2.45, 2.75) is 6.61 Å². The van der Waals surface area contributed by atoms with E-state index in [1.807, 2.05) is 36.4 Å². The quantitative estimate of drug-likeness (QED) is 0.144. The number of aromatic nitrogens is 1. The molecule has 0 saturated heterocycles. The molecule has 2 aromatic carbocycles. The van der Waals surface area contributed by atoms with Gasteiger partial charge >= 0.3 is 0 Å². The van der Waals surface area contributed by atoms with Gasteiger partial charge < -0.3 is 4.74 Å². The van der Waals surface area contributed by atoms with Crippen LogP contribution in [0, 0.1) is 17.3 Å². The number of halogens is 3. The van der Waals surface area contributed by atoms with Gasteiger partial charge in [0.25, 0.3) is 5.69 Å². The zero-order chi connectivity index (χ0) is 20.8. The zero-order valence-corrected chi connectivity index (χ0v) is 20.6. The molecule has 0 unspecified atom stereocenters. The van der Waals surface area contributed by atoms with Crippen LogP contribution in [0.3, 0.4) is 0 Å². The van der Waals surface area contributed by atoms with Gasteiger partial charge in [0.2, 0.25) is 0 Å². The molecule has 7 nitrogen and oxygen atoms in total. The molecule has 0 aliphatic heterocycles. The second-order valence-electron chi connectivity index (χ2n) is 5.76. The molecule has 0 aliphatic rings. The Kier molecular flexibility index (Phi) is 7.77. The van der Waals surface area contributed by atoms with Gasteiger partial charge in [-0.25, -0.2) is 4.98 Å². The highest BCUT2D eigenvalue weighted by molar-refractivity contribution is 14.1. The van der Waals surface area contributed by atoms with Gasteiger partial charge in [-0.3, -0.25) is 15.5 Å². The van der Waals surface area contributed by atoms with E-state index in [-0.39, 0.29) is 5.69 Å². The number of anilines is 1. The maximum Gasteiger partial charge on any atom is 0.287 e. The molecular weight excluding hydrogens is 666 g/mol. The van der Waals surface area contributed by atoms with E-state index < -0.39 is 4.92 Å². The number of hydrogen-bond acceptors (Lipinski definition) is 6. The van der Waals surface area contributed by atoms with Crippen molar-refractivity contribution in [3.8, 4) is 5.75 Å². The minimum atomic E-state index is -0.498. The number of nitro groups is 1.